The monoisotopic (exact) mass is 295 g/mol. The highest BCUT2D eigenvalue weighted by Gasteiger charge is 2.39. The number of hydrogen-bond acceptors (Lipinski definition) is 4. The van der Waals surface area contributed by atoms with Crippen LogP contribution in [0.2, 0.25) is 0 Å². The van der Waals surface area contributed by atoms with Gasteiger partial charge in [-0.15, -0.1) is 0 Å². The van der Waals surface area contributed by atoms with Crippen LogP contribution >= 0.6 is 0 Å². The zero-order valence-corrected chi connectivity index (χ0v) is 12.7. The van der Waals surface area contributed by atoms with Crippen LogP contribution in [0.15, 0.2) is 0 Å². The zero-order chi connectivity index (χ0) is 14.8. The molecule has 1 N–H and O–H groups in total. The maximum absolute atomic E-state index is 12.6. The molecule has 2 saturated heterocycles. The predicted octanol–water partition coefficient (Wildman–Crippen LogP) is -0.308. The Morgan fingerprint density at radius 2 is 1.67 bits per heavy atom. The third kappa shape index (κ3) is 3.21. The molecule has 118 valence electrons. The Hall–Kier alpha value is -1.14. The molecule has 1 aliphatic carbocycles. The molecule has 1 saturated carbocycles. The molecule has 0 bridgehead atoms. The molecule has 6 heteroatoms. The van der Waals surface area contributed by atoms with E-state index in [4.69, 9.17) is 4.74 Å². The summed E-state index contributed by atoms with van der Waals surface area (Å²) in [5, 5.41) is 3.33. The molecule has 3 fully saturated rings. The molecule has 6 nitrogen and oxygen atoms in total. The number of ether oxygens (including phenoxy) is 1. The standard InChI is InChI=1S/C15H25N3O3/c1-2-16-13-10-21-9-12(13)15(20)18-7-5-17(6-8-18)14(19)11-3-4-11/h11-13,16H,2-10H2,1H3. The molecule has 0 aromatic rings. The van der Waals surface area contributed by atoms with Crippen LogP contribution in [-0.4, -0.2) is 73.6 Å². The van der Waals surface area contributed by atoms with Gasteiger partial charge in [-0.3, -0.25) is 9.59 Å². The van der Waals surface area contributed by atoms with Crippen LogP contribution in [0.5, 0.6) is 0 Å². The number of hydrogen-bond donors (Lipinski definition) is 1. The highest BCUT2D eigenvalue weighted by Crippen LogP contribution is 2.31. The van der Waals surface area contributed by atoms with Gasteiger partial charge >= 0.3 is 0 Å². The lowest BCUT2D eigenvalue weighted by Crippen LogP contribution is -2.54. The average molecular weight is 295 g/mol. The number of piperazine rings is 1. The number of nitrogens with zero attached hydrogens (tertiary/aromatic N) is 2. The van der Waals surface area contributed by atoms with Crippen molar-refractivity contribution in [3.8, 4) is 0 Å². The van der Waals surface area contributed by atoms with Crippen LogP contribution in [0.3, 0.4) is 0 Å². The van der Waals surface area contributed by atoms with E-state index < -0.39 is 0 Å². The number of carbonyl (C=O) groups is 2. The van der Waals surface area contributed by atoms with Gasteiger partial charge in [-0.05, 0) is 19.4 Å². The van der Waals surface area contributed by atoms with Crippen molar-refractivity contribution in [3.05, 3.63) is 0 Å². The number of nitrogens with one attached hydrogen (secondary N) is 1. The van der Waals surface area contributed by atoms with Crippen LogP contribution in [-0.2, 0) is 14.3 Å². The molecule has 0 aromatic heterocycles. The SMILES string of the molecule is CCNC1COCC1C(=O)N1CCN(C(=O)C2CC2)CC1. The molecule has 2 atom stereocenters. The average Bonchev–Trinajstić information content (AvgIpc) is 3.26. The van der Waals surface area contributed by atoms with E-state index in [2.05, 4.69) is 5.32 Å². The first kappa shape index (κ1) is 14.8. The summed E-state index contributed by atoms with van der Waals surface area (Å²) in [7, 11) is 0. The summed E-state index contributed by atoms with van der Waals surface area (Å²) < 4.78 is 5.46. The van der Waals surface area contributed by atoms with Crippen molar-refractivity contribution in [2.45, 2.75) is 25.8 Å². The Kier molecular flexibility index (Phi) is 4.45. The minimum absolute atomic E-state index is 0.0735. The van der Waals surface area contributed by atoms with Gasteiger partial charge in [0.05, 0.1) is 19.1 Å². The third-order valence-corrected chi connectivity index (χ3v) is 4.69. The molecule has 2 aliphatic heterocycles. The molecular weight excluding hydrogens is 270 g/mol. The molecule has 2 heterocycles. The van der Waals surface area contributed by atoms with Gasteiger partial charge in [0, 0.05) is 38.1 Å². The normalized spacial score (nSPS) is 29.8. The quantitative estimate of drug-likeness (QED) is 0.773. The van der Waals surface area contributed by atoms with E-state index in [0.717, 1.165) is 19.4 Å². The van der Waals surface area contributed by atoms with Crippen molar-refractivity contribution in [1.82, 2.24) is 15.1 Å². The summed E-state index contributed by atoms with van der Waals surface area (Å²) in [6.45, 7) is 6.70. The van der Waals surface area contributed by atoms with E-state index in [1.54, 1.807) is 0 Å². The fraction of sp³-hybridized carbons (Fsp3) is 0.867. The fourth-order valence-corrected chi connectivity index (χ4v) is 3.23. The van der Waals surface area contributed by atoms with Crippen LogP contribution in [0.4, 0.5) is 0 Å². The van der Waals surface area contributed by atoms with Gasteiger partial charge < -0.3 is 19.9 Å². The predicted molar refractivity (Wildman–Crippen MR) is 77.7 cm³/mol. The minimum Gasteiger partial charge on any atom is -0.379 e. The van der Waals surface area contributed by atoms with E-state index >= 15 is 0 Å². The first-order valence-electron chi connectivity index (χ1n) is 8.09. The fourth-order valence-electron chi connectivity index (χ4n) is 3.23. The molecule has 2 unspecified atom stereocenters. The topological polar surface area (TPSA) is 61.9 Å². The largest absolute Gasteiger partial charge is 0.379 e. The lowest BCUT2D eigenvalue weighted by Gasteiger charge is -2.36. The molecular formula is C15H25N3O3. The van der Waals surface area contributed by atoms with Gasteiger partial charge in [-0.25, -0.2) is 0 Å². The highest BCUT2D eigenvalue weighted by molar-refractivity contribution is 5.82. The van der Waals surface area contributed by atoms with Gasteiger partial charge in [0.15, 0.2) is 0 Å². The first-order valence-corrected chi connectivity index (χ1v) is 8.09. The molecule has 0 radical (unpaired) electrons. The van der Waals surface area contributed by atoms with Gasteiger partial charge in [0.1, 0.15) is 0 Å². The summed E-state index contributed by atoms with van der Waals surface area (Å²) in [6.07, 6.45) is 2.09. The number of amides is 2. The van der Waals surface area contributed by atoms with E-state index in [9.17, 15) is 9.59 Å². The lowest BCUT2D eigenvalue weighted by molar-refractivity contribution is -0.143. The molecule has 3 rings (SSSR count). The summed E-state index contributed by atoms with van der Waals surface area (Å²) in [5.41, 5.74) is 0. The molecule has 3 aliphatic rings. The smallest absolute Gasteiger partial charge is 0.229 e. The van der Waals surface area contributed by atoms with Crippen molar-refractivity contribution in [1.29, 1.82) is 0 Å². The van der Waals surface area contributed by atoms with E-state index in [-0.39, 0.29) is 29.7 Å². The lowest BCUT2D eigenvalue weighted by atomic mass is 10.0. The van der Waals surface area contributed by atoms with Gasteiger partial charge in [0.2, 0.25) is 11.8 Å². The van der Waals surface area contributed by atoms with E-state index in [1.165, 1.54) is 0 Å². The maximum Gasteiger partial charge on any atom is 0.229 e. The molecule has 0 aromatic carbocycles. The Bertz CT molecular complexity index is 403. The Balaban J connectivity index is 1.51. The second kappa shape index (κ2) is 6.32. The van der Waals surface area contributed by atoms with E-state index in [0.29, 0.717) is 39.4 Å². The third-order valence-electron chi connectivity index (χ3n) is 4.69. The number of likely N-dealkylation sites (N-methyl/N-ethyl adjacent to an activating group) is 1. The van der Waals surface area contributed by atoms with Crippen LogP contribution in [0.25, 0.3) is 0 Å². The van der Waals surface area contributed by atoms with Crippen molar-refractivity contribution < 1.29 is 14.3 Å². The van der Waals surface area contributed by atoms with Crippen LogP contribution < -0.4 is 5.32 Å². The molecule has 0 spiro atoms. The van der Waals surface area contributed by atoms with Gasteiger partial charge in [-0.1, -0.05) is 6.92 Å². The molecule has 2 amide bonds. The highest BCUT2D eigenvalue weighted by atomic mass is 16.5. The van der Waals surface area contributed by atoms with Crippen molar-refractivity contribution in [3.63, 3.8) is 0 Å². The van der Waals surface area contributed by atoms with Crippen molar-refractivity contribution in [2.75, 3.05) is 45.9 Å². The zero-order valence-electron chi connectivity index (χ0n) is 12.7. The minimum atomic E-state index is -0.0735. The van der Waals surface area contributed by atoms with Crippen LogP contribution in [0, 0.1) is 11.8 Å². The summed E-state index contributed by atoms with van der Waals surface area (Å²) in [5.74, 6) is 0.665. The number of rotatable bonds is 4. The Morgan fingerprint density at radius 3 is 2.24 bits per heavy atom. The van der Waals surface area contributed by atoms with Gasteiger partial charge in [-0.2, -0.15) is 0 Å². The second-order valence-electron chi connectivity index (χ2n) is 6.23. The van der Waals surface area contributed by atoms with Gasteiger partial charge in [0.25, 0.3) is 0 Å². The maximum atomic E-state index is 12.6. The first-order chi connectivity index (χ1) is 10.2. The van der Waals surface area contributed by atoms with Crippen molar-refractivity contribution in [2.24, 2.45) is 11.8 Å². The Labute approximate surface area is 125 Å². The summed E-state index contributed by atoms with van der Waals surface area (Å²) in [6, 6.07) is 0.133. The summed E-state index contributed by atoms with van der Waals surface area (Å²) in [4.78, 5) is 28.5. The number of carbonyl (C=O) groups excluding carboxylic acids is 2. The summed E-state index contributed by atoms with van der Waals surface area (Å²) >= 11 is 0. The second-order valence-corrected chi connectivity index (χ2v) is 6.23. The van der Waals surface area contributed by atoms with Crippen LogP contribution in [0.1, 0.15) is 19.8 Å². The van der Waals surface area contributed by atoms with E-state index in [1.807, 2.05) is 16.7 Å². The molecule has 21 heavy (non-hydrogen) atoms. The van der Waals surface area contributed by atoms with Crippen molar-refractivity contribution >= 4 is 11.8 Å². The Morgan fingerprint density at radius 1 is 1.05 bits per heavy atom.